The molecule has 206 valence electrons. The summed E-state index contributed by atoms with van der Waals surface area (Å²) < 4.78 is 11.0. The molecule has 0 unspecified atom stereocenters. The maximum Gasteiger partial charge on any atom is 0.269 e. The summed E-state index contributed by atoms with van der Waals surface area (Å²) in [6.07, 6.45) is 1.46. The number of nitro benzene ring substituents is 1. The Balaban J connectivity index is 1.35. The van der Waals surface area contributed by atoms with Gasteiger partial charge in [-0.25, -0.2) is 5.43 Å². The molecule has 0 saturated heterocycles. The molecule has 41 heavy (non-hydrogen) atoms. The number of non-ortho nitro benzene ring substituents is 1. The number of anilines is 5. The lowest BCUT2D eigenvalue weighted by Gasteiger charge is -2.10. The number of aromatic nitrogens is 3. The fraction of sp³-hybridized carbons (Fsp3) is 0.0370. The summed E-state index contributed by atoms with van der Waals surface area (Å²) in [5.41, 5.74) is 4.75. The van der Waals surface area contributed by atoms with Gasteiger partial charge in [0.2, 0.25) is 17.8 Å². The number of ether oxygens (including phenoxy) is 1. The van der Waals surface area contributed by atoms with E-state index >= 15 is 0 Å². The lowest BCUT2D eigenvalue weighted by atomic mass is 10.2. The molecule has 0 fully saturated rings. The summed E-state index contributed by atoms with van der Waals surface area (Å²) in [5.74, 6) is 2.26. The molecular weight excluding hydrogens is 571 g/mol. The number of hydrogen-bond donors (Lipinski definition) is 3. The highest BCUT2D eigenvalue weighted by molar-refractivity contribution is 6.42. The predicted octanol–water partition coefficient (Wildman–Crippen LogP) is 7.29. The van der Waals surface area contributed by atoms with Crippen LogP contribution < -0.4 is 20.8 Å². The Labute approximate surface area is 243 Å². The fourth-order valence-corrected chi connectivity index (χ4v) is 3.82. The van der Waals surface area contributed by atoms with Crippen molar-refractivity contribution < 1.29 is 14.1 Å². The summed E-state index contributed by atoms with van der Waals surface area (Å²) in [6, 6.07) is 21.8. The molecule has 0 spiro atoms. The Hall–Kier alpha value is -5.20. The number of methoxy groups -OCH3 is 1. The van der Waals surface area contributed by atoms with Crippen molar-refractivity contribution in [2.75, 3.05) is 23.2 Å². The number of rotatable bonds is 10. The molecule has 0 radical (unpaired) electrons. The van der Waals surface area contributed by atoms with Crippen molar-refractivity contribution in [1.82, 2.24) is 15.0 Å². The number of benzene rings is 3. The summed E-state index contributed by atoms with van der Waals surface area (Å²) in [5, 5.41) is 22.2. The number of furan rings is 1. The number of halogens is 2. The van der Waals surface area contributed by atoms with Crippen molar-refractivity contribution in [3.63, 3.8) is 0 Å². The zero-order chi connectivity index (χ0) is 28.8. The average molecular weight is 591 g/mol. The first-order chi connectivity index (χ1) is 19.9. The second kappa shape index (κ2) is 12.3. The van der Waals surface area contributed by atoms with E-state index in [1.807, 2.05) is 0 Å². The maximum absolute atomic E-state index is 11.0. The SMILES string of the molecule is COc1ccc(Nc2nc(N/N=C/c3ccc(-c4ccc(Cl)c(Cl)c4)o3)nc(Nc3ccc([N+](=O)[O-])cc3)n2)cc1. The number of hydrogen-bond acceptors (Lipinski definition) is 11. The standard InChI is InChI=1S/C27H20Cl2N8O4/c1-40-20-9-5-18(6-10-20)32-26-33-25(31-17-3-7-19(8-4-17)37(38)39)34-27(35-26)36-30-15-21-11-13-24(41-21)16-2-12-22(28)23(29)14-16/h2-15H,1H3,(H3,31,32,33,34,35,36)/b30-15+. The van der Waals surface area contributed by atoms with Crippen LogP contribution in [0.3, 0.4) is 0 Å². The van der Waals surface area contributed by atoms with Gasteiger partial charge in [0.25, 0.3) is 5.69 Å². The fourth-order valence-electron chi connectivity index (χ4n) is 3.52. The molecule has 0 aliphatic rings. The molecule has 2 heterocycles. The van der Waals surface area contributed by atoms with E-state index in [0.717, 1.165) is 5.56 Å². The Bertz CT molecular complexity index is 1710. The predicted molar refractivity (Wildman–Crippen MR) is 158 cm³/mol. The van der Waals surface area contributed by atoms with Crippen LogP contribution in [-0.2, 0) is 0 Å². The third-order valence-corrected chi connectivity index (χ3v) is 6.24. The van der Waals surface area contributed by atoms with Crippen LogP contribution in [0.4, 0.5) is 34.9 Å². The van der Waals surface area contributed by atoms with Gasteiger partial charge in [0, 0.05) is 29.1 Å². The third kappa shape index (κ3) is 7.06. The highest BCUT2D eigenvalue weighted by Crippen LogP contribution is 2.29. The van der Waals surface area contributed by atoms with Crippen molar-refractivity contribution in [3.8, 4) is 17.1 Å². The molecule has 12 nitrogen and oxygen atoms in total. The molecule has 3 N–H and O–H groups in total. The van der Waals surface area contributed by atoms with Gasteiger partial charge >= 0.3 is 0 Å². The topological polar surface area (TPSA) is 153 Å². The summed E-state index contributed by atoms with van der Waals surface area (Å²) in [4.78, 5) is 23.6. The van der Waals surface area contributed by atoms with Crippen LogP contribution in [0.2, 0.25) is 10.0 Å². The second-order valence-electron chi connectivity index (χ2n) is 8.29. The normalized spacial score (nSPS) is 10.9. The first-order valence-corrected chi connectivity index (χ1v) is 12.6. The zero-order valence-electron chi connectivity index (χ0n) is 21.2. The monoisotopic (exact) mass is 590 g/mol. The summed E-state index contributed by atoms with van der Waals surface area (Å²) >= 11 is 12.1. The molecule has 2 aromatic heterocycles. The van der Waals surface area contributed by atoms with Crippen molar-refractivity contribution in [1.29, 1.82) is 0 Å². The van der Waals surface area contributed by atoms with Crippen LogP contribution in [0.25, 0.3) is 11.3 Å². The molecule has 0 amide bonds. The first kappa shape index (κ1) is 27.4. The average Bonchev–Trinajstić information content (AvgIpc) is 3.44. The minimum Gasteiger partial charge on any atom is -0.497 e. The van der Waals surface area contributed by atoms with Gasteiger partial charge in [-0.2, -0.15) is 20.1 Å². The Morgan fingerprint density at radius 3 is 2.10 bits per heavy atom. The molecule has 0 bridgehead atoms. The van der Waals surface area contributed by atoms with E-state index in [1.165, 1.54) is 18.3 Å². The van der Waals surface area contributed by atoms with E-state index < -0.39 is 4.92 Å². The number of nitrogens with one attached hydrogen (secondary N) is 3. The summed E-state index contributed by atoms with van der Waals surface area (Å²) in [7, 11) is 1.58. The van der Waals surface area contributed by atoms with Crippen LogP contribution in [-0.4, -0.2) is 33.2 Å². The van der Waals surface area contributed by atoms with Crippen LogP contribution in [0.15, 0.2) is 88.4 Å². The zero-order valence-corrected chi connectivity index (χ0v) is 22.7. The van der Waals surface area contributed by atoms with Gasteiger partial charge in [-0.15, -0.1) is 0 Å². The van der Waals surface area contributed by atoms with E-state index in [4.69, 9.17) is 32.4 Å². The minimum absolute atomic E-state index is 0.0370. The van der Waals surface area contributed by atoms with Gasteiger partial charge in [-0.05, 0) is 66.7 Å². The molecule has 5 rings (SSSR count). The number of nitrogens with zero attached hydrogens (tertiary/aromatic N) is 5. The molecule has 0 aliphatic carbocycles. The van der Waals surface area contributed by atoms with Gasteiger partial charge < -0.3 is 19.8 Å². The maximum atomic E-state index is 11.0. The third-order valence-electron chi connectivity index (χ3n) is 5.50. The van der Waals surface area contributed by atoms with Gasteiger partial charge in [-0.3, -0.25) is 10.1 Å². The van der Waals surface area contributed by atoms with Gasteiger partial charge in [0.05, 0.1) is 28.3 Å². The minimum atomic E-state index is -0.476. The number of nitro groups is 1. The van der Waals surface area contributed by atoms with Gasteiger partial charge in [0.1, 0.15) is 17.3 Å². The molecular formula is C27H20Cl2N8O4. The quantitative estimate of drug-likeness (QED) is 0.0857. The lowest BCUT2D eigenvalue weighted by Crippen LogP contribution is -2.07. The van der Waals surface area contributed by atoms with Crippen molar-refractivity contribution in [2.45, 2.75) is 0 Å². The molecule has 14 heteroatoms. The molecule has 3 aromatic carbocycles. The molecule has 0 aliphatic heterocycles. The van der Waals surface area contributed by atoms with E-state index in [2.05, 4.69) is 36.1 Å². The van der Waals surface area contributed by atoms with Crippen LogP contribution in [0.5, 0.6) is 5.75 Å². The van der Waals surface area contributed by atoms with E-state index in [1.54, 1.807) is 73.8 Å². The number of hydrazone groups is 1. The van der Waals surface area contributed by atoms with Crippen molar-refractivity contribution in [2.24, 2.45) is 5.10 Å². The van der Waals surface area contributed by atoms with Gasteiger partial charge in [-0.1, -0.05) is 23.2 Å². The van der Waals surface area contributed by atoms with Crippen molar-refractivity contribution >= 4 is 64.3 Å². The Morgan fingerprint density at radius 2 is 1.49 bits per heavy atom. The lowest BCUT2D eigenvalue weighted by molar-refractivity contribution is -0.384. The first-order valence-electron chi connectivity index (χ1n) is 11.9. The van der Waals surface area contributed by atoms with E-state index in [-0.39, 0.29) is 23.5 Å². The molecule has 0 atom stereocenters. The van der Waals surface area contributed by atoms with E-state index in [9.17, 15) is 10.1 Å². The summed E-state index contributed by atoms with van der Waals surface area (Å²) in [6.45, 7) is 0. The smallest absolute Gasteiger partial charge is 0.269 e. The second-order valence-corrected chi connectivity index (χ2v) is 9.10. The van der Waals surface area contributed by atoms with E-state index in [0.29, 0.717) is 38.7 Å². The molecule has 0 saturated carbocycles. The largest absolute Gasteiger partial charge is 0.497 e. The van der Waals surface area contributed by atoms with Crippen LogP contribution in [0.1, 0.15) is 5.76 Å². The Kier molecular flexibility index (Phi) is 8.23. The van der Waals surface area contributed by atoms with Crippen LogP contribution in [0, 0.1) is 10.1 Å². The van der Waals surface area contributed by atoms with Crippen LogP contribution >= 0.6 is 23.2 Å². The molecule has 5 aromatic rings. The van der Waals surface area contributed by atoms with Gasteiger partial charge in [0.15, 0.2) is 0 Å². The Morgan fingerprint density at radius 1 is 0.854 bits per heavy atom. The van der Waals surface area contributed by atoms with Crippen molar-refractivity contribution in [3.05, 3.63) is 105 Å². The highest BCUT2D eigenvalue weighted by Gasteiger charge is 2.10. The highest BCUT2D eigenvalue weighted by atomic mass is 35.5.